The lowest BCUT2D eigenvalue weighted by Crippen LogP contribution is -2.54. The number of ether oxygens (including phenoxy) is 2. The van der Waals surface area contributed by atoms with E-state index in [1.807, 2.05) is 6.07 Å². The number of halogens is 2. The summed E-state index contributed by atoms with van der Waals surface area (Å²) in [6, 6.07) is 13.8. The van der Waals surface area contributed by atoms with Crippen molar-refractivity contribution >= 4 is 51.0 Å². The van der Waals surface area contributed by atoms with Crippen LogP contribution in [0.1, 0.15) is 24.9 Å². The van der Waals surface area contributed by atoms with Crippen LogP contribution in [0.5, 0.6) is 0 Å². The Labute approximate surface area is 222 Å². The molecule has 36 heavy (non-hydrogen) atoms. The molecule has 7 atom stereocenters. The predicted octanol–water partition coefficient (Wildman–Crippen LogP) is 3.32. The van der Waals surface area contributed by atoms with Gasteiger partial charge in [0.1, 0.15) is 11.6 Å². The van der Waals surface area contributed by atoms with Crippen LogP contribution in [0.4, 0.5) is 5.69 Å². The number of aliphatic hydroxyl groups excluding tert-OH is 1. The van der Waals surface area contributed by atoms with Gasteiger partial charge in [-0.25, -0.2) is 0 Å². The van der Waals surface area contributed by atoms with Crippen LogP contribution in [0, 0.1) is 11.8 Å². The van der Waals surface area contributed by atoms with Crippen LogP contribution in [0.2, 0.25) is 5.02 Å². The van der Waals surface area contributed by atoms with E-state index < -0.39 is 60.0 Å². The SMILES string of the molecule is CCOC(=O)[C@H]1[C@H]2C(=O)N([C@H](CO)c3ccccc3)C(C(=O)Nc3ccc(Cl)cc3)C23CC(Br)[C@@H]1O3. The van der Waals surface area contributed by atoms with Crippen molar-refractivity contribution in [3.05, 3.63) is 65.2 Å². The number of nitrogens with one attached hydrogen (secondary N) is 1. The smallest absolute Gasteiger partial charge is 0.312 e. The lowest BCUT2D eigenvalue weighted by atomic mass is 9.70. The number of rotatable bonds is 7. The molecule has 3 aliphatic rings. The second-order valence-electron chi connectivity index (χ2n) is 9.27. The van der Waals surface area contributed by atoms with E-state index in [9.17, 15) is 19.5 Å². The lowest BCUT2D eigenvalue weighted by Gasteiger charge is -2.37. The highest BCUT2D eigenvalue weighted by molar-refractivity contribution is 9.09. The Morgan fingerprint density at radius 3 is 2.58 bits per heavy atom. The number of carbonyl (C=O) groups is 3. The second-order valence-corrected chi connectivity index (χ2v) is 10.9. The predicted molar refractivity (Wildman–Crippen MR) is 136 cm³/mol. The summed E-state index contributed by atoms with van der Waals surface area (Å²) >= 11 is 9.61. The fraction of sp³-hybridized carbons (Fsp3) is 0.423. The third-order valence-corrected chi connectivity index (χ3v) is 8.44. The summed E-state index contributed by atoms with van der Waals surface area (Å²) in [6.07, 6.45) is -0.248. The highest BCUT2D eigenvalue weighted by atomic mass is 79.9. The van der Waals surface area contributed by atoms with Gasteiger partial charge in [0, 0.05) is 15.5 Å². The maximum atomic E-state index is 14.1. The van der Waals surface area contributed by atoms with Crippen molar-refractivity contribution in [2.75, 3.05) is 18.5 Å². The van der Waals surface area contributed by atoms with Crippen LogP contribution in [0.15, 0.2) is 54.6 Å². The fourth-order valence-corrected chi connectivity index (χ4v) is 7.05. The van der Waals surface area contributed by atoms with Crippen LogP contribution in [-0.4, -0.2) is 63.6 Å². The summed E-state index contributed by atoms with van der Waals surface area (Å²) in [7, 11) is 0. The van der Waals surface area contributed by atoms with Gasteiger partial charge in [-0.05, 0) is 43.2 Å². The standard InChI is InChI=1S/C26H26BrClN2O6/c1-2-35-25(34)19-20-24(33)30(18(13-31)14-6-4-3-5-7-14)22(26(20)12-17(27)21(19)36-26)23(32)29-16-10-8-15(28)9-11-16/h3-11,17-22,31H,2,12-13H2,1H3,(H,29,32)/t17?,18-,19+,20+,21+,22?,26?/m1/s1. The van der Waals surface area contributed by atoms with Crippen molar-refractivity contribution in [2.45, 2.75) is 42.0 Å². The van der Waals surface area contributed by atoms with Gasteiger partial charge in [-0.15, -0.1) is 0 Å². The van der Waals surface area contributed by atoms with Gasteiger partial charge >= 0.3 is 5.97 Å². The Kier molecular flexibility index (Phi) is 6.84. The minimum absolute atomic E-state index is 0.163. The Bertz CT molecular complexity index is 1160. The summed E-state index contributed by atoms with van der Waals surface area (Å²) in [5, 5.41) is 13.8. The number of esters is 1. The van der Waals surface area contributed by atoms with Crippen molar-refractivity contribution in [1.29, 1.82) is 0 Å². The number of anilines is 1. The summed E-state index contributed by atoms with van der Waals surface area (Å²) in [4.78, 5) is 42.2. The molecule has 3 saturated heterocycles. The molecule has 3 heterocycles. The molecule has 8 nitrogen and oxygen atoms in total. The largest absolute Gasteiger partial charge is 0.466 e. The molecular formula is C26H26BrClN2O6. The fourth-order valence-electron chi connectivity index (χ4n) is 5.98. The molecule has 3 aliphatic heterocycles. The molecule has 2 amide bonds. The second kappa shape index (κ2) is 9.78. The van der Waals surface area contributed by atoms with Gasteiger partial charge in [-0.2, -0.15) is 0 Å². The van der Waals surface area contributed by atoms with Gasteiger partial charge in [0.25, 0.3) is 0 Å². The van der Waals surface area contributed by atoms with E-state index >= 15 is 0 Å². The van der Waals surface area contributed by atoms with Crippen molar-refractivity contribution in [3.8, 4) is 0 Å². The first kappa shape index (κ1) is 25.2. The molecule has 3 fully saturated rings. The van der Waals surface area contributed by atoms with E-state index in [-0.39, 0.29) is 11.4 Å². The quantitative estimate of drug-likeness (QED) is 0.387. The molecule has 5 rings (SSSR count). The van der Waals surface area contributed by atoms with E-state index in [1.165, 1.54) is 4.90 Å². The highest BCUT2D eigenvalue weighted by Crippen LogP contribution is 2.61. The molecule has 2 N–H and O–H groups in total. The maximum Gasteiger partial charge on any atom is 0.312 e. The number of alkyl halides is 1. The van der Waals surface area contributed by atoms with Crippen molar-refractivity contribution in [1.82, 2.24) is 4.90 Å². The minimum Gasteiger partial charge on any atom is -0.466 e. The number of likely N-dealkylation sites (tertiary alicyclic amines) is 1. The zero-order valence-electron chi connectivity index (χ0n) is 19.5. The molecule has 0 aliphatic carbocycles. The molecule has 2 bridgehead atoms. The van der Waals surface area contributed by atoms with E-state index in [2.05, 4.69) is 21.2 Å². The van der Waals surface area contributed by atoms with Gasteiger partial charge < -0.3 is 24.8 Å². The number of amides is 2. The molecule has 1 spiro atoms. The normalized spacial score (nSPS) is 31.3. The number of hydrogen-bond donors (Lipinski definition) is 2. The number of hydrogen-bond acceptors (Lipinski definition) is 6. The average Bonchev–Trinajstić information content (AvgIpc) is 3.46. The number of nitrogens with zero attached hydrogens (tertiary/aromatic N) is 1. The number of fused-ring (bicyclic) bond motifs is 1. The first-order valence-corrected chi connectivity index (χ1v) is 13.1. The van der Waals surface area contributed by atoms with E-state index in [0.717, 1.165) is 0 Å². The van der Waals surface area contributed by atoms with E-state index in [1.54, 1.807) is 55.5 Å². The van der Waals surface area contributed by atoms with Crippen LogP contribution in [0.3, 0.4) is 0 Å². The van der Waals surface area contributed by atoms with Crippen molar-refractivity contribution < 1.29 is 29.0 Å². The number of aliphatic hydroxyl groups is 1. The van der Waals surface area contributed by atoms with Crippen molar-refractivity contribution in [3.63, 3.8) is 0 Å². The van der Waals surface area contributed by atoms with Crippen LogP contribution >= 0.6 is 27.5 Å². The Hall–Kier alpha value is -2.46. The molecule has 2 aromatic rings. The highest BCUT2D eigenvalue weighted by Gasteiger charge is 2.77. The third-order valence-electron chi connectivity index (χ3n) is 7.34. The zero-order chi connectivity index (χ0) is 25.6. The van der Waals surface area contributed by atoms with Crippen LogP contribution < -0.4 is 5.32 Å². The molecule has 3 unspecified atom stereocenters. The summed E-state index contributed by atoms with van der Waals surface area (Å²) in [5.41, 5.74) is -0.0834. The molecule has 10 heteroatoms. The van der Waals surface area contributed by atoms with Crippen LogP contribution in [0.25, 0.3) is 0 Å². The summed E-state index contributed by atoms with van der Waals surface area (Å²) in [5.74, 6) is -3.16. The van der Waals surface area contributed by atoms with Crippen LogP contribution in [-0.2, 0) is 23.9 Å². The first-order chi connectivity index (χ1) is 17.3. The monoisotopic (exact) mass is 576 g/mol. The summed E-state index contributed by atoms with van der Waals surface area (Å²) < 4.78 is 11.7. The minimum atomic E-state index is -1.26. The molecular weight excluding hydrogens is 552 g/mol. The molecule has 0 aromatic heterocycles. The third kappa shape index (κ3) is 3.93. The lowest BCUT2D eigenvalue weighted by molar-refractivity contribution is -0.155. The topological polar surface area (TPSA) is 105 Å². The van der Waals surface area contributed by atoms with E-state index in [4.69, 9.17) is 21.1 Å². The zero-order valence-corrected chi connectivity index (χ0v) is 21.8. The number of benzene rings is 2. The number of carbonyl (C=O) groups excluding carboxylic acids is 3. The summed E-state index contributed by atoms with van der Waals surface area (Å²) in [6.45, 7) is 1.46. The average molecular weight is 578 g/mol. The maximum absolute atomic E-state index is 14.1. The van der Waals surface area contributed by atoms with Gasteiger partial charge in [0.05, 0.1) is 37.2 Å². The first-order valence-electron chi connectivity index (χ1n) is 11.8. The van der Waals surface area contributed by atoms with Gasteiger partial charge in [-0.1, -0.05) is 57.9 Å². The Morgan fingerprint density at radius 2 is 1.94 bits per heavy atom. The van der Waals surface area contributed by atoms with Crippen molar-refractivity contribution in [2.24, 2.45) is 11.8 Å². The molecule has 2 aromatic carbocycles. The van der Waals surface area contributed by atoms with Gasteiger partial charge in [-0.3, -0.25) is 14.4 Å². The van der Waals surface area contributed by atoms with Gasteiger partial charge in [0.2, 0.25) is 11.8 Å². The molecule has 0 radical (unpaired) electrons. The Balaban J connectivity index is 1.60. The molecule has 190 valence electrons. The van der Waals surface area contributed by atoms with Gasteiger partial charge in [0.15, 0.2) is 0 Å². The Morgan fingerprint density at radius 1 is 1.25 bits per heavy atom. The molecule has 0 saturated carbocycles. The van der Waals surface area contributed by atoms with E-state index in [0.29, 0.717) is 22.7 Å².